The molecule has 2 aromatic rings. The van der Waals surface area contributed by atoms with Crippen LogP contribution in [0.5, 0.6) is 0 Å². The third-order valence-electron chi connectivity index (χ3n) is 4.19. The lowest BCUT2D eigenvalue weighted by molar-refractivity contribution is 0.0605. The molecule has 1 atom stereocenters. The summed E-state index contributed by atoms with van der Waals surface area (Å²) in [5.74, 6) is 0.344. The number of nitrogens with zero attached hydrogens (tertiary/aromatic N) is 1. The smallest absolute Gasteiger partial charge is 0.290 e. The second-order valence-electron chi connectivity index (χ2n) is 6.17. The van der Waals surface area contributed by atoms with E-state index in [0.717, 1.165) is 11.1 Å². The standard InChI is InChI=1S/C19H24FNO2/c1-5-21(19(22)18-14(4)10-11-23-18)17(13(2)3)12-15-6-8-16(20)9-7-15/h6-11,13,17H,5,12H2,1-4H3/t17-/m1/s1. The van der Waals surface area contributed by atoms with Crippen LogP contribution in [0.2, 0.25) is 0 Å². The molecule has 0 saturated carbocycles. The summed E-state index contributed by atoms with van der Waals surface area (Å²) in [6, 6.07) is 8.30. The van der Waals surface area contributed by atoms with Crippen LogP contribution in [0.4, 0.5) is 4.39 Å². The van der Waals surface area contributed by atoms with Crippen LogP contribution in [0.1, 0.15) is 42.5 Å². The first-order valence-electron chi connectivity index (χ1n) is 8.03. The molecule has 1 amide bonds. The zero-order valence-corrected chi connectivity index (χ0v) is 14.2. The summed E-state index contributed by atoms with van der Waals surface area (Å²) in [7, 11) is 0. The van der Waals surface area contributed by atoms with Crippen LogP contribution in [0.3, 0.4) is 0 Å². The minimum atomic E-state index is -0.246. The predicted molar refractivity (Wildman–Crippen MR) is 88.9 cm³/mol. The Kier molecular flexibility index (Phi) is 5.59. The van der Waals surface area contributed by atoms with E-state index in [0.29, 0.717) is 18.7 Å². The average Bonchev–Trinajstić information content (AvgIpc) is 2.94. The van der Waals surface area contributed by atoms with Crippen LogP contribution in [0.25, 0.3) is 0 Å². The van der Waals surface area contributed by atoms with E-state index in [1.165, 1.54) is 12.1 Å². The maximum Gasteiger partial charge on any atom is 0.290 e. The van der Waals surface area contributed by atoms with Crippen molar-refractivity contribution in [3.05, 3.63) is 59.3 Å². The zero-order valence-electron chi connectivity index (χ0n) is 14.2. The number of rotatable bonds is 6. The molecule has 0 spiro atoms. The number of carbonyl (C=O) groups excluding carboxylic acids is 1. The Morgan fingerprint density at radius 1 is 1.22 bits per heavy atom. The number of hydrogen-bond donors (Lipinski definition) is 0. The van der Waals surface area contributed by atoms with Gasteiger partial charge < -0.3 is 9.32 Å². The van der Waals surface area contributed by atoms with Gasteiger partial charge in [0, 0.05) is 18.2 Å². The molecule has 0 unspecified atom stereocenters. The first-order valence-corrected chi connectivity index (χ1v) is 8.03. The molecule has 0 radical (unpaired) electrons. The number of likely N-dealkylation sites (N-methyl/N-ethyl adjacent to an activating group) is 1. The summed E-state index contributed by atoms with van der Waals surface area (Å²) < 4.78 is 18.5. The molecular formula is C19H24FNO2. The lowest BCUT2D eigenvalue weighted by Crippen LogP contribution is -2.44. The maximum atomic E-state index is 13.1. The number of hydrogen-bond acceptors (Lipinski definition) is 2. The van der Waals surface area contributed by atoms with E-state index in [4.69, 9.17) is 4.42 Å². The molecule has 0 saturated heterocycles. The minimum Gasteiger partial charge on any atom is -0.459 e. The van der Waals surface area contributed by atoms with Gasteiger partial charge in [0.25, 0.3) is 5.91 Å². The Bertz CT molecular complexity index is 646. The molecular weight excluding hydrogens is 293 g/mol. The van der Waals surface area contributed by atoms with Crippen molar-refractivity contribution >= 4 is 5.91 Å². The summed E-state index contributed by atoms with van der Waals surface area (Å²) in [5.41, 5.74) is 1.87. The number of carbonyl (C=O) groups is 1. The molecule has 23 heavy (non-hydrogen) atoms. The average molecular weight is 317 g/mol. The van der Waals surface area contributed by atoms with Crippen molar-refractivity contribution < 1.29 is 13.6 Å². The highest BCUT2D eigenvalue weighted by molar-refractivity contribution is 5.93. The van der Waals surface area contributed by atoms with Gasteiger partial charge in [-0.2, -0.15) is 0 Å². The number of aryl methyl sites for hydroxylation is 1. The van der Waals surface area contributed by atoms with Crippen LogP contribution in [0, 0.1) is 18.7 Å². The minimum absolute atomic E-state index is 0.0301. The molecule has 3 nitrogen and oxygen atoms in total. The molecule has 0 aliphatic carbocycles. The summed E-state index contributed by atoms with van der Waals surface area (Å²) >= 11 is 0. The van der Waals surface area contributed by atoms with Gasteiger partial charge in [0.1, 0.15) is 5.82 Å². The lowest BCUT2D eigenvalue weighted by atomic mass is 9.94. The third-order valence-corrected chi connectivity index (χ3v) is 4.19. The van der Waals surface area contributed by atoms with Crippen LogP contribution < -0.4 is 0 Å². The Hall–Kier alpha value is -2.10. The van der Waals surface area contributed by atoms with Gasteiger partial charge in [-0.25, -0.2) is 4.39 Å². The van der Waals surface area contributed by atoms with Crippen molar-refractivity contribution in [1.29, 1.82) is 0 Å². The molecule has 0 aliphatic rings. The number of halogens is 1. The summed E-state index contributed by atoms with van der Waals surface area (Å²) in [6.45, 7) is 8.63. The summed E-state index contributed by atoms with van der Waals surface area (Å²) in [6.07, 6.45) is 2.23. The Morgan fingerprint density at radius 3 is 2.35 bits per heavy atom. The summed E-state index contributed by atoms with van der Waals surface area (Å²) in [5, 5.41) is 0. The molecule has 0 N–H and O–H groups in total. The van der Waals surface area contributed by atoms with Gasteiger partial charge in [-0.05, 0) is 49.9 Å². The van der Waals surface area contributed by atoms with Gasteiger partial charge in [0.2, 0.25) is 0 Å². The molecule has 4 heteroatoms. The quantitative estimate of drug-likeness (QED) is 0.788. The SMILES string of the molecule is CCN(C(=O)c1occc1C)[C@H](Cc1ccc(F)cc1)C(C)C. The Morgan fingerprint density at radius 2 is 1.87 bits per heavy atom. The van der Waals surface area contributed by atoms with Crippen molar-refractivity contribution in [1.82, 2.24) is 4.90 Å². The summed E-state index contributed by atoms with van der Waals surface area (Å²) in [4.78, 5) is 14.7. The van der Waals surface area contributed by atoms with Gasteiger partial charge >= 0.3 is 0 Å². The van der Waals surface area contributed by atoms with Crippen LogP contribution in [0.15, 0.2) is 41.0 Å². The molecule has 0 aliphatic heterocycles. The highest BCUT2D eigenvalue weighted by Crippen LogP contribution is 2.21. The fraction of sp³-hybridized carbons (Fsp3) is 0.421. The van der Waals surface area contributed by atoms with Crippen LogP contribution >= 0.6 is 0 Å². The third kappa shape index (κ3) is 4.01. The van der Waals surface area contributed by atoms with Crippen molar-refractivity contribution in [2.75, 3.05) is 6.54 Å². The molecule has 0 bridgehead atoms. The number of benzene rings is 1. The van der Waals surface area contributed by atoms with Crippen molar-refractivity contribution in [3.63, 3.8) is 0 Å². The zero-order chi connectivity index (χ0) is 17.0. The molecule has 2 rings (SSSR count). The number of amides is 1. The van der Waals surface area contributed by atoms with Crippen LogP contribution in [-0.2, 0) is 6.42 Å². The van der Waals surface area contributed by atoms with Crippen LogP contribution in [-0.4, -0.2) is 23.4 Å². The van der Waals surface area contributed by atoms with Gasteiger partial charge in [-0.3, -0.25) is 4.79 Å². The fourth-order valence-electron chi connectivity index (χ4n) is 2.82. The van der Waals surface area contributed by atoms with Crippen molar-refractivity contribution in [2.45, 2.75) is 40.2 Å². The van der Waals surface area contributed by atoms with Gasteiger partial charge in [0.05, 0.1) is 6.26 Å². The number of furan rings is 1. The molecule has 1 aromatic carbocycles. The van der Waals surface area contributed by atoms with E-state index in [9.17, 15) is 9.18 Å². The molecule has 1 aromatic heterocycles. The Labute approximate surface area is 137 Å². The van der Waals surface area contributed by atoms with E-state index in [1.54, 1.807) is 24.5 Å². The van der Waals surface area contributed by atoms with E-state index >= 15 is 0 Å². The predicted octanol–water partition coefficient (Wildman–Crippen LogP) is 4.46. The topological polar surface area (TPSA) is 33.5 Å². The lowest BCUT2D eigenvalue weighted by Gasteiger charge is -2.33. The van der Waals surface area contributed by atoms with E-state index in [-0.39, 0.29) is 23.7 Å². The highest BCUT2D eigenvalue weighted by Gasteiger charge is 2.28. The second kappa shape index (κ2) is 7.44. The van der Waals surface area contributed by atoms with Crippen molar-refractivity contribution in [3.8, 4) is 0 Å². The molecule has 0 fully saturated rings. The van der Waals surface area contributed by atoms with E-state index in [2.05, 4.69) is 13.8 Å². The first-order chi connectivity index (χ1) is 10.9. The normalized spacial score (nSPS) is 12.4. The fourth-order valence-corrected chi connectivity index (χ4v) is 2.82. The van der Waals surface area contributed by atoms with Gasteiger partial charge in [-0.15, -0.1) is 0 Å². The second-order valence-corrected chi connectivity index (χ2v) is 6.17. The van der Waals surface area contributed by atoms with E-state index in [1.807, 2.05) is 18.7 Å². The van der Waals surface area contributed by atoms with Crippen molar-refractivity contribution in [2.24, 2.45) is 5.92 Å². The Balaban J connectivity index is 2.25. The molecule has 1 heterocycles. The molecule has 124 valence electrons. The maximum absolute atomic E-state index is 13.1. The van der Waals surface area contributed by atoms with Gasteiger partial charge in [0.15, 0.2) is 5.76 Å². The first kappa shape index (κ1) is 17.3. The highest BCUT2D eigenvalue weighted by atomic mass is 19.1. The largest absolute Gasteiger partial charge is 0.459 e. The monoisotopic (exact) mass is 317 g/mol. The van der Waals surface area contributed by atoms with E-state index < -0.39 is 0 Å². The van der Waals surface area contributed by atoms with Gasteiger partial charge in [-0.1, -0.05) is 26.0 Å².